The van der Waals surface area contributed by atoms with Crippen molar-refractivity contribution in [2.75, 3.05) is 6.54 Å². The highest BCUT2D eigenvalue weighted by Crippen LogP contribution is 2.33. The van der Waals surface area contributed by atoms with Crippen LogP contribution in [0.3, 0.4) is 0 Å². The summed E-state index contributed by atoms with van der Waals surface area (Å²) < 4.78 is 0.387. The lowest BCUT2D eigenvalue weighted by Crippen LogP contribution is -2.33. The Kier molecular flexibility index (Phi) is 4.80. The standard InChI is InChI=1S/C15H15NO3S2/c1-9-3-4-10(2)11(7-9)8-12-14(19)16(15(20)21-12)6-5-13(17)18/h3-4,7-8H,5-6H2,1-2H3,(H,17,18)/p-1/b12-8-. The van der Waals surface area contributed by atoms with Crippen LogP contribution in [0.5, 0.6) is 0 Å². The lowest BCUT2D eigenvalue weighted by molar-refractivity contribution is -0.305. The average Bonchev–Trinajstić information content (AvgIpc) is 2.66. The van der Waals surface area contributed by atoms with Crippen molar-refractivity contribution in [1.29, 1.82) is 0 Å². The van der Waals surface area contributed by atoms with Gasteiger partial charge in [-0.15, -0.1) is 0 Å². The van der Waals surface area contributed by atoms with E-state index in [0.29, 0.717) is 9.23 Å². The van der Waals surface area contributed by atoms with Crippen molar-refractivity contribution < 1.29 is 14.7 Å². The molecule has 1 aromatic rings. The number of amides is 1. The Morgan fingerprint density at radius 2 is 2.14 bits per heavy atom. The molecular weight excluding hydrogens is 306 g/mol. The lowest BCUT2D eigenvalue weighted by Gasteiger charge is -2.14. The molecule has 0 atom stereocenters. The summed E-state index contributed by atoms with van der Waals surface area (Å²) in [6.45, 7) is 4.01. The number of nitrogens with zero attached hydrogens (tertiary/aromatic N) is 1. The van der Waals surface area contributed by atoms with Crippen LogP contribution in [0.4, 0.5) is 0 Å². The van der Waals surface area contributed by atoms with Gasteiger partial charge in [0.2, 0.25) is 0 Å². The number of thiocarbonyl (C=S) groups is 1. The lowest BCUT2D eigenvalue weighted by atomic mass is 10.1. The monoisotopic (exact) mass is 320 g/mol. The third kappa shape index (κ3) is 3.71. The number of carbonyl (C=O) groups excluding carboxylic acids is 2. The van der Waals surface area contributed by atoms with Gasteiger partial charge in [0.15, 0.2) is 0 Å². The van der Waals surface area contributed by atoms with E-state index in [1.807, 2.05) is 32.0 Å². The zero-order valence-corrected chi connectivity index (χ0v) is 13.3. The van der Waals surface area contributed by atoms with E-state index in [4.69, 9.17) is 12.2 Å². The third-order valence-corrected chi connectivity index (χ3v) is 4.51. The molecule has 0 radical (unpaired) electrons. The number of carbonyl (C=O) groups is 2. The minimum absolute atomic E-state index is 0.0527. The van der Waals surface area contributed by atoms with E-state index in [2.05, 4.69) is 0 Å². The first-order valence-corrected chi connectivity index (χ1v) is 7.63. The molecule has 1 aromatic carbocycles. The van der Waals surface area contributed by atoms with Crippen molar-refractivity contribution in [2.24, 2.45) is 0 Å². The number of rotatable bonds is 4. The first kappa shape index (κ1) is 15.7. The summed E-state index contributed by atoms with van der Waals surface area (Å²) in [7, 11) is 0. The fourth-order valence-electron chi connectivity index (χ4n) is 1.95. The second-order valence-electron chi connectivity index (χ2n) is 4.82. The maximum atomic E-state index is 12.3. The minimum Gasteiger partial charge on any atom is -0.550 e. The van der Waals surface area contributed by atoms with Crippen LogP contribution in [0.15, 0.2) is 23.1 Å². The molecule has 0 saturated carbocycles. The number of carboxylic acids is 1. The summed E-state index contributed by atoms with van der Waals surface area (Å²) in [6, 6.07) is 6.01. The predicted molar refractivity (Wildman–Crippen MR) is 85.4 cm³/mol. The van der Waals surface area contributed by atoms with Gasteiger partial charge in [0.05, 0.1) is 4.91 Å². The number of hydrogen-bond donors (Lipinski definition) is 0. The Balaban J connectivity index is 2.23. The van der Waals surface area contributed by atoms with Crippen LogP contribution in [0.2, 0.25) is 0 Å². The number of carboxylic acid groups (broad SMARTS) is 1. The van der Waals surface area contributed by atoms with E-state index in [9.17, 15) is 14.7 Å². The number of aryl methyl sites for hydroxylation is 2. The molecule has 4 nitrogen and oxygen atoms in total. The Bertz CT molecular complexity index is 652. The van der Waals surface area contributed by atoms with Crippen molar-refractivity contribution in [3.63, 3.8) is 0 Å². The second kappa shape index (κ2) is 6.41. The predicted octanol–water partition coefficient (Wildman–Crippen LogP) is 1.64. The molecule has 1 aliphatic heterocycles. The molecule has 1 amide bonds. The fraction of sp³-hybridized carbons (Fsp3) is 0.267. The van der Waals surface area contributed by atoms with Crippen molar-refractivity contribution in [1.82, 2.24) is 4.90 Å². The molecular formula is C15H14NO3S2-. The topological polar surface area (TPSA) is 60.4 Å². The SMILES string of the molecule is Cc1ccc(C)c(/C=C2\SC(=S)N(CCC(=O)[O-])C2=O)c1. The molecule has 1 saturated heterocycles. The van der Waals surface area contributed by atoms with E-state index in [1.165, 1.54) is 16.7 Å². The van der Waals surface area contributed by atoms with Gasteiger partial charge >= 0.3 is 0 Å². The zero-order chi connectivity index (χ0) is 15.6. The highest BCUT2D eigenvalue weighted by Gasteiger charge is 2.31. The van der Waals surface area contributed by atoms with Crippen LogP contribution >= 0.6 is 24.0 Å². The Labute approximate surface area is 132 Å². The first-order valence-electron chi connectivity index (χ1n) is 6.41. The number of thioether (sulfide) groups is 1. The van der Waals surface area contributed by atoms with Gasteiger partial charge in [-0.25, -0.2) is 0 Å². The van der Waals surface area contributed by atoms with Crippen molar-refractivity contribution in [3.8, 4) is 0 Å². The molecule has 0 bridgehead atoms. The summed E-state index contributed by atoms with van der Waals surface area (Å²) in [5.41, 5.74) is 3.15. The second-order valence-corrected chi connectivity index (χ2v) is 6.49. The molecule has 0 aromatic heterocycles. The number of aliphatic carboxylic acids is 1. The van der Waals surface area contributed by atoms with E-state index < -0.39 is 5.97 Å². The van der Waals surface area contributed by atoms with Gasteiger partial charge in [-0.05, 0) is 31.1 Å². The molecule has 6 heteroatoms. The molecule has 1 aliphatic rings. The van der Waals surface area contributed by atoms with Crippen LogP contribution < -0.4 is 5.11 Å². The smallest absolute Gasteiger partial charge is 0.266 e. The third-order valence-electron chi connectivity index (χ3n) is 3.13. The van der Waals surface area contributed by atoms with Crippen LogP contribution in [0, 0.1) is 13.8 Å². The molecule has 110 valence electrons. The quantitative estimate of drug-likeness (QED) is 0.623. The van der Waals surface area contributed by atoms with Gasteiger partial charge < -0.3 is 9.90 Å². The van der Waals surface area contributed by atoms with Crippen LogP contribution in [-0.4, -0.2) is 27.6 Å². The van der Waals surface area contributed by atoms with E-state index in [-0.39, 0.29) is 18.9 Å². The van der Waals surface area contributed by atoms with E-state index >= 15 is 0 Å². The molecule has 0 N–H and O–H groups in total. The molecule has 0 spiro atoms. The molecule has 0 aliphatic carbocycles. The number of benzene rings is 1. The summed E-state index contributed by atoms with van der Waals surface area (Å²) in [6.07, 6.45) is 1.59. The summed E-state index contributed by atoms with van der Waals surface area (Å²) in [5, 5.41) is 10.5. The maximum absolute atomic E-state index is 12.3. The van der Waals surface area contributed by atoms with E-state index in [0.717, 1.165) is 16.7 Å². The summed E-state index contributed by atoms with van der Waals surface area (Å²) in [5.74, 6) is -1.44. The Hall–Kier alpha value is -1.66. The van der Waals surface area contributed by atoms with Crippen molar-refractivity contribution in [3.05, 3.63) is 39.8 Å². The summed E-state index contributed by atoms with van der Waals surface area (Å²) >= 11 is 6.33. The number of hydrogen-bond acceptors (Lipinski definition) is 5. The summed E-state index contributed by atoms with van der Waals surface area (Å²) in [4.78, 5) is 24.6. The Morgan fingerprint density at radius 3 is 2.81 bits per heavy atom. The van der Waals surface area contributed by atoms with Crippen LogP contribution in [-0.2, 0) is 9.59 Å². The van der Waals surface area contributed by atoms with Gasteiger partial charge in [-0.1, -0.05) is 47.7 Å². The highest BCUT2D eigenvalue weighted by atomic mass is 32.2. The average molecular weight is 320 g/mol. The maximum Gasteiger partial charge on any atom is 0.266 e. The van der Waals surface area contributed by atoms with Crippen LogP contribution in [0.25, 0.3) is 6.08 Å². The molecule has 0 unspecified atom stereocenters. The molecule has 1 heterocycles. The molecule has 2 rings (SSSR count). The normalized spacial score (nSPS) is 16.9. The molecule has 1 fully saturated rings. The highest BCUT2D eigenvalue weighted by molar-refractivity contribution is 8.26. The van der Waals surface area contributed by atoms with Gasteiger partial charge in [-0.3, -0.25) is 9.69 Å². The zero-order valence-electron chi connectivity index (χ0n) is 11.7. The fourth-order valence-corrected chi connectivity index (χ4v) is 3.25. The van der Waals surface area contributed by atoms with Gasteiger partial charge in [0, 0.05) is 18.9 Å². The van der Waals surface area contributed by atoms with E-state index in [1.54, 1.807) is 6.08 Å². The van der Waals surface area contributed by atoms with Gasteiger partial charge in [0.1, 0.15) is 4.32 Å². The van der Waals surface area contributed by atoms with Crippen molar-refractivity contribution in [2.45, 2.75) is 20.3 Å². The van der Waals surface area contributed by atoms with Gasteiger partial charge in [0.25, 0.3) is 5.91 Å². The largest absolute Gasteiger partial charge is 0.550 e. The van der Waals surface area contributed by atoms with Crippen LogP contribution in [0.1, 0.15) is 23.1 Å². The minimum atomic E-state index is -1.19. The first-order chi connectivity index (χ1) is 9.88. The Morgan fingerprint density at radius 1 is 1.43 bits per heavy atom. The molecule has 21 heavy (non-hydrogen) atoms. The van der Waals surface area contributed by atoms with Gasteiger partial charge in [-0.2, -0.15) is 0 Å². The van der Waals surface area contributed by atoms with Crippen molar-refractivity contribution >= 4 is 46.3 Å².